The quantitative estimate of drug-likeness (QED) is 0.495. The van der Waals surface area contributed by atoms with Gasteiger partial charge >= 0.3 is 0 Å². The van der Waals surface area contributed by atoms with Gasteiger partial charge in [-0.05, 0) is 30.7 Å². The number of amides is 1. The molecule has 3 aromatic rings. The van der Waals surface area contributed by atoms with Crippen molar-refractivity contribution in [3.8, 4) is 11.1 Å². The largest absolute Gasteiger partial charge is 0.379 e. The summed E-state index contributed by atoms with van der Waals surface area (Å²) in [5, 5.41) is 9.14. The molecule has 9 heteroatoms. The van der Waals surface area contributed by atoms with E-state index in [1.807, 2.05) is 5.38 Å². The van der Waals surface area contributed by atoms with Crippen LogP contribution in [0.3, 0.4) is 0 Å². The molecule has 1 amide bonds. The van der Waals surface area contributed by atoms with E-state index in [-0.39, 0.29) is 11.7 Å². The van der Waals surface area contributed by atoms with Crippen LogP contribution in [0.5, 0.6) is 0 Å². The van der Waals surface area contributed by atoms with Gasteiger partial charge < -0.3 is 15.4 Å². The lowest BCUT2D eigenvalue weighted by Gasteiger charge is -2.26. The summed E-state index contributed by atoms with van der Waals surface area (Å²) in [6.07, 6.45) is 2.81. The van der Waals surface area contributed by atoms with Crippen LogP contribution in [0, 0.1) is 5.82 Å². The molecule has 1 aliphatic heterocycles. The number of nitrogens with one attached hydrogen (secondary N) is 2. The number of halogens is 1. The molecule has 1 aromatic carbocycles. The van der Waals surface area contributed by atoms with E-state index in [1.54, 1.807) is 12.1 Å². The average Bonchev–Trinajstić information content (AvgIpc) is 3.23. The third-order valence-corrected chi connectivity index (χ3v) is 6.13. The Balaban J connectivity index is 1.28. The second-order valence-electron chi connectivity index (χ2n) is 7.39. The van der Waals surface area contributed by atoms with Gasteiger partial charge in [0.15, 0.2) is 0 Å². The zero-order valence-electron chi connectivity index (χ0n) is 17.3. The standard InChI is InChI=1S/C22H26FN5O2S/c23-17-4-2-16(3-5-17)18-14-31-22-20(18)21(26-15-27-22)25-8-6-19(29)24-7-1-9-28-10-12-30-13-11-28/h2-5,14-15H,1,6-13H2,(H,24,29)(H,25,26,27). The smallest absolute Gasteiger partial charge is 0.221 e. The van der Waals surface area contributed by atoms with Gasteiger partial charge in [-0.25, -0.2) is 14.4 Å². The summed E-state index contributed by atoms with van der Waals surface area (Å²) < 4.78 is 18.6. The minimum absolute atomic E-state index is 0.0175. The van der Waals surface area contributed by atoms with Crippen LogP contribution in [0.2, 0.25) is 0 Å². The number of fused-ring (bicyclic) bond motifs is 1. The number of carbonyl (C=O) groups is 1. The number of morpholine rings is 1. The number of hydrogen-bond donors (Lipinski definition) is 2. The van der Waals surface area contributed by atoms with E-state index < -0.39 is 0 Å². The fourth-order valence-corrected chi connectivity index (χ4v) is 4.51. The van der Waals surface area contributed by atoms with E-state index in [4.69, 9.17) is 4.74 Å². The number of rotatable bonds is 9. The van der Waals surface area contributed by atoms with E-state index in [0.717, 1.165) is 60.6 Å². The molecule has 0 aliphatic carbocycles. The molecule has 164 valence electrons. The monoisotopic (exact) mass is 443 g/mol. The van der Waals surface area contributed by atoms with Crippen LogP contribution in [-0.2, 0) is 9.53 Å². The Kier molecular flexibility index (Phi) is 7.39. The van der Waals surface area contributed by atoms with Gasteiger partial charge in [0.1, 0.15) is 22.8 Å². The zero-order chi connectivity index (χ0) is 21.5. The minimum Gasteiger partial charge on any atom is -0.379 e. The van der Waals surface area contributed by atoms with E-state index in [1.165, 1.54) is 29.8 Å². The molecule has 1 saturated heterocycles. The molecule has 4 rings (SSSR count). The molecule has 31 heavy (non-hydrogen) atoms. The Morgan fingerprint density at radius 2 is 1.97 bits per heavy atom. The molecule has 2 aromatic heterocycles. The summed E-state index contributed by atoms with van der Waals surface area (Å²) in [4.78, 5) is 24.1. The lowest BCUT2D eigenvalue weighted by atomic mass is 10.1. The third kappa shape index (κ3) is 5.75. The Morgan fingerprint density at radius 1 is 1.16 bits per heavy atom. The van der Waals surface area contributed by atoms with Crippen LogP contribution < -0.4 is 10.6 Å². The van der Waals surface area contributed by atoms with Crippen LogP contribution in [0.25, 0.3) is 21.3 Å². The van der Waals surface area contributed by atoms with Crippen LogP contribution in [-0.4, -0.2) is 66.7 Å². The maximum Gasteiger partial charge on any atom is 0.221 e. The van der Waals surface area contributed by atoms with Crippen molar-refractivity contribution >= 4 is 33.3 Å². The molecule has 0 spiro atoms. The van der Waals surface area contributed by atoms with Crippen LogP contribution in [0.15, 0.2) is 36.0 Å². The highest BCUT2D eigenvalue weighted by molar-refractivity contribution is 7.17. The summed E-state index contributed by atoms with van der Waals surface area (Å²) in [5.41, 5.74) is 1.86. The molecular weight excluding hydrogens is 417 g/mol. The minimum atomic E-state index is -0.270. The molecule has 0 unspecified atom stereocenters. The molecule has 0 saturated carbocycles. The van der Waals surface area contributed by atoms with Gasteiger partial charge in [0, 0.05) is 43.5 Å². The third-order valence-electron chi connectivity index (χ3n) is 5.25. The van der Waals surface area contributed by atoms with Crippen molar-refractivity contribution in [3.63, 3.8) is 0 Å². The molecule has 1 aliphatic rings. The lowest BCUT2D eigenvalue weighted by molar-refractivity contribution is -0.120. The fourth-order valence-electron chi connectivity index (χ4n) is 3.59. The number of benzene rings is 1. The van der Waals surface area contributed by atoms with Crippen molar-refractivity contribution in [2.45, 2.75) is 12.8 Å². The van der Waals surface area contributed by atoms with Crippen molar-refractivity contribution < 1.29 is 13.9 Å². The summed E-state index contributed by atoms with van der Waals surface area (Å²) >= 11 is 1.52. The van der Waals surface area contributed by atoms with Crippen molar-refractivity contribution in [2.24, 2.45) is 0 Å². The van der Waals surface area contributed by atoms with Gasteiger partial charge in [-0.1, -0.05) is 12.1 Å². The first-order chi connectivity index (χ1) is 15.2. The molecule has 0 bridgehead atoms. The second kappa shape index (κ2) is 10.6. The number of ether oxygens (including phenoxy) is 1. The van der Waals surface area contributed by atoms with Gasteiger partial charge in [-0.3, -0.25) is 9.69 Å². The number of thiophene rings is 1. The first kappa shape index (κ1) is 21.6. The molecule has 0 radical (unpaired) electrons. The van der Waals surface area contributed by atoms with E-state index in [2.05, 4.69) is 25.5 Å². The summed E-state index contributed by atoms with van der Waals surface area (Å²) in [6.45, 7) is 5.64. The molecular formula is C22H26FN5O2S. The lowest BCUT2D eigenvalue weighted by Crippen LogP contribution is -2.38. The predicted octanol–water partition coefficient (Wildman–Crippen LogP) is 3.14. The molecule has 2 N–H and O–H groups in total. The number of carbonyl (C=O) groups excluding carboxylic acids is 1. The van der Waals surface area contributed by atoms with Crippen LogP contribution >= 0.6 is 11.3 Å². The highest BCUT2D eigenvalue weighted by atomic mass is 32.1. The van der Waals surface area contributed by atoms with Gasteiger partial charge in [0.25, 0.3) is 0 Å². The molecule has 3 heterocycles. The van der Waals surface area contributed by atoms with Gasteiger partial charge in [-0.15, -0.1) is 11.3 Å². The topological polar surface area (TPSA) is 79.4 Å². The van der Waals surface area contributed by atoms with Gasteiger partial charge in [0.2, 0.25) is 5.91 Å². The SMILES string of the molecule is O=C(CCNc1ncnc2scc(-c3ccc(F)cc3)c12)NCCCN1CCOCC1. The summed E-state index contributed by atoms with van der Waals surface area (Å²) in [6, 6.07) is 6.38. The number of nitrogens with zero attached hydrogens (tertiary/aromatic N) is 3. The second-order valence-corrected chi connectivity index (χ2v) is 8.25. The Labute approximate surface area is 184 Å². The van der Waals surface area contributed by atoms with Crippen molar-refractivity contribution in [3.05, 3.63) is 41.8 Å². The van der Waals surface area contributed by atoms with Crippen molar-refractivity contribution in [2.75, 3.05) is 51.3 Å². The highest BCUT2D eigenvalue weighted by Gasteiger charge is 2.14. The normalized spacial score (nSPS) is 14.6. The van der Waals surface area contributed by atoms with Crippen LogP contribution in [0.4, 0.5) is 10.2 Å². The van der Waals surface area contributed by atoms with Crippen LogP contribution in [0.1, 0.15) is 12.8 Å². The van der Waals surface area contributed by atoms with Crippen molar-refractivity contribution in [1.82, 2.24) is 20.2 Å². The number of aromatic nitrogens is 2. The molecule has 1 fully saturated rings. The Morgan fingerprint density at radius 3 is 2.77 bits per heavy atom. The maximum atomic E-state index is 13.3. The predicted molar refractivity (Wildman–Crippen MR) is 121 cm³/mol. The number of hydrogen-bond acceptors (Lipinski definition) is 7. The van der Waals surface area contributed by atoms with Gasteiger partial charge in [-0.2, -0.15) is 0 Å². The van der Waals surface area contributed by atoms with Crippen molar-refractivity contribution in [1.29, 1.82) is 0 Å². The van der Waals surface area contributed by atoms with E-state index in [9.17, 15) is 9.18 Å². The zero-order valence-corrected chi connectivity index (χ0v) is 18.1. The molecule has 7 nitrogen and oxygen atoms in total. The maximum absolute atomic E-state index is 13.3. The average molecular weight is 444 g/mol. The Hall–Kier alpha value is -2.62. The van der Waals surface area contributed by atoms with E-state index in [0.29, 0.717) is 25.3 Å². The first-order valence-electron chi connectivity index (χ1n) is 10.5. The first-order valence-corrected chi connectivity index (χ1v) is 11.4. The fraction of sp³-hybridized carbons (Fsp3) is 0.409. The summed E-state index contributed by atoms with van der Waals surface area (Å²) in [5.74, 6) is 0.434. The highest BCUT2D eigenvalue weighted by Crippen LogP contribution is 2.36. The molecule has 0 atom stereocenters. The number of anilines is 1. The van der Waals surface area contributed by atoms with Gasteiger partial charge in [0.05, 0.1) is 18.6 Å². The Bertz CT molecular complexity index is 1000. The van der Waals surface area contributed by atoms with E-state index >= 15 is 0 Å². The summed E-state index contributed by atoms with van der Waals surface area (Å²) in [7, 11) is 0.